The van der Waals surface area contributed by atoms with Crippen LogP contribution in [0.3, 0.4) is 0 Å². The Morgan fingerprint density at radius 3 is 2.90 bits per heavy atom. The van der Waals surface area contributed by atoms with Gasteiger partial charge in [0.15, 0.2) is 0 Å². The number of methoxy groups -OCH3 is 1. The van der Waals surface area contributed by atoms with Crippen LogP contribution in [0, 0.1) is 17.8 Å². The van der Waals surface area contributed by atoms with Crippen LogP contribution in [0.2, 0.25) is 0 Å². The van der Waals surface area contributed by atoms with Crippen LogP contribution < -0.4 is 4.74 Å². The molecule has 1 aromatic rings. The van der Waals surface area contributed by atoms with E-state index in [0.29, 0.717) is 12.5 Å². The lowest BCUT2D eigenvalue weighted by Gasteiger charge is -2.34. The molecule has 2 N–H and O–H groups in total. The molecule has 0 radical (unpaired) electrons. The minimum Gasteiger partial charge on any atom is -0.497 e. The molecule has 21 heavy (non-hydrogen) atoms. The Morgan fingerprint density at radius 2 is 2.24 bits per heavy atom. The van der Waals surface area contributed by atoms with Crippen molar-refractivity contribution >= 4 is 0 Å². The van der Waals surface area contributed by atoms with Crippen molar-refractivity contribution < 1.29 is 14.9 Å². The summed E-state index contributed by atoms with van der Waals surface area (Å²) in [5, 5.41) is 18.9. The van der Waals surface area contributed by atoms with Crippen LogP contribution in [0.25, 0.3) is 0 Å². The third kappa shape index (κ3) is 4.21. The molecule has 4 nitrogen and oxygen atoms in total. The molecule has 1 fully saturated rings. The standard InChI is InChI=1S/C17H23NO3/c1-13-7-8-18(12-17(13)20)11-15-10-16(21-2)6-5-14(15)4-3-9-19/h5-6,10,13,17,19-20H,7-9,11-12H2,1-2H3. The van der Waals surface area contributed by atoms with E-state index in [0.717, 1.165) is 36.4 Å². The lowest BCUT2D eigenvalue weighted by molar-refractivity contribution is 0.0259. The highest BCUT2D eigenvalue weighted by atomic mass is 16.5. The van der Waals surface area contributed by atoms with E-state index < -0.39 is 0 Å². The van der Waals surface area contributed by atoms with Gasteiger partial charge in [0.05, 0.1) is 13.2 Å². The summed E-state index contributed by atoms with van der Waals surface area (Å²) in [6, 6.07) is 5.77. The van der Waals surface area contributed by atoms with Crippen LogP contribution in [0.1, 0.15) is 24.5 Å². The van der Waals surface area contributed by atoms with E-state index in [2.05, 4.69) is 23.7 Å². The van der Waals surface area contributed by atoms with Crippen molar-refractivity contribution in [3.8, 4) is 17.6 Å². The number of ether oxygens (including phenoxy) is 1. The predicted octanol–water partition coefficient (Wildman–Crippen LogP) is 1.24. The van der Waals surface area contributed by atoms with Crippen molar-refractivity contribution in [1.82, 2.24) is 4.90 Å². The molecule has 2 unspecified atom stereocenters. The summed E-state index contributed by atoms with van der Waals surface area (Å²) in [6.45, 7) is 4.33. The van der Waals surface area contributed by atoms with Crippen LogP contribution in [-0.2, 0) is 6.54 Å². The minimum absolute atomic E-state index is 0.147. The van der Waals surface area contributed by atoms with Gasteiger partial charge in [-0.25, -0.2) is 0 Å². The number of rotatable bonds is 3. The normalized spacial score (nSPS) is 22.5. The molecule has 0 amide bonds. The summed E-state index contributed by atoms with van der Waals surface area (Å²) in [6.07, 6.45) is 0.735. The van der Waals surface area contributed by atoms with Gasteiger partial charge in [0.2, 0.25) is 0 Å². The van der Waals surface area contributed by atoms with Gasteiger partial charge in [0.25, 0.3) is 0 Å². The van der Waals surface area contributed by atoms with Crippen LogP contribution in [0.4, 0.5) is 0 Å². The number of hydrogen-bond donors (Lipinski definition) is 2. The van der Waals surface area contributed by atoms with E-state index in [-0.39, 0.29) is 12.7 Å². The Labute approximate surface area is 126 Å². The number of aliphatic hydroxyl groups excluding tert-OH is 2. The molecule has 1 aliphatic heterocycles. The van der Waals surface area contributed by atoms with Gasteiger partial charge in [0, 0.05) is 18.7 Å². The molecule has 0 saturated carbocycles. The number of likely N-dealkylation sites (tertiary alicyclic amines) is 1. The lowest BCUT2D eigenvalue weighted by atomic mass is 9.95. The number of hydrogen-bond acceptors (Lipinski definition) is 4. The van der Waals surface area contributed by atoms with Crippen molar-refractivity contribution in [3.63, 3.8) is 0 Å². The van der Waals surface area contributed by atoms with Gasteiger partial charge in [-0.1, -0.05) is 18.8 Å². The molecule has 114 valence electrons. The zero-order chi connectivity index (χ0) is 15.2. The van der Waals surface area contributed by atoms with Crippen LogP contribution in [0.5, 0.6) is 5.75 Å². The first-order valence-electron chi connectivity index (χ1n) is 7.31. The van der Waals surface area contributed by atoms with Crippen molar-refractivity contribution in [2.24, 2.45) is 5.92 Å². The van der Waals surface area contributed by atoms with E-state index >= 15 is 0 Å². The fourth-order valence-corrected chi connectivity index (χ4v) is 2.58. The third-order valence-corrected chi connectivity index (χ3v) is 4.01. The molecule has 1 aromatic carbocycles. The zero-order valence-corrected chi connectivity index (χ0v) is 12.7. The Morgan fingerprint density at radius 1 is 1.43 bits per heavy atom. The molecule has 1 aliphatic rings. The summed E-state index contributed by atoms with van der Waals surface area (Å²) >= 11 is 0. The topological polar surface area (TPSA) is 52.9 Å². The van der Waals surface area contributed by atoms with Crippen molar-refractivity contribution in [1.29, 1.82) is 0 Å². The molecule has 1 saturated heterocycles. The Kier molecular flexibility index (Phi) is 5.63. The highest BCUT2D eigenvalue weighted by Gasteiger charge is 2.24. The molecule has 1 heterocycles. The average Bonchev–Trinajstić information content (AvgIpc) is 2.49. The molecule has 2 rings (SSSR count). The number of benzene rings is 1. The van der Waals surface area contributed by atoms with Crippen molar-refractivity contribution in [3.05, 3.63) is 29.3 Å². The SMILES string of the molecule is COc1ccc(C#CCO)c(CN2CCC(C)C(O)C2)c1. The molecule has 0 aromatic heterocycles. The van der Waals surface area contributed by atoms with E-state index in [1.54, 1.807) is 7.11 Å². The first-order chi connectivity index (χ1) is 10.1. The first kappa shape index (κ1) is 15.8. The summed E-state index contributed by atoms with van der Waals surface area (Å²) < 4.78 is 5.28. The lowest BCUT2D eigenvalue weighted by Crippen LogP contribution is -2.42. The average molecular weight is 289 g/mol. The number of nitrogens with zero attached hydrogens (tertiary/aromatic N) is 1. The van der Waals surface area contributed by atoms with Crippen molar-refractivity contribution in [2.45, 2.75) is 26.0 Å². The molecule has 0 spiro atoms. The molecule has 2 atom stereocenters. The summed E-state index contributed by atoms with van der Waals surface area (Å²) in [5.74, 6) is 6.83. The Bertz CT molecular complexity index is 533. The second-order valence-corrected chi connectivity index (χ2v) is 5.55. The van der Waals surface area contributed by atoms with Gasteiger partial charge in [-0.3, -0.25) is 4.90 Å². The third-order valence-electron chi connectivity index (χ3n) is 4.01. The summed E-state index contributed by atoms with van der Waals surface area (Å²) in [4.78, 5) is 2.24. The van der Waals surface area contributed by atoms with Gasteiger partial charge in [-0.05, 0) is 42.6 Å². The van der Waals surface area contributed by atoms with Gasteiger partial charge >= 0.3 is 0 Å². The van der Waals surface area contributed by atoms with E-state index in [9.17, 15) is 5.11 Å². The van der Waals surface area contributed by atoms with Crippen LogP contribution in [0.15, 0.2) is 18.2 Å². The molecular weight excluding hydrogens is 266 g/mol. The molecule has 4 heteroatoms. The predicted molar refractivity (Wildman–Crippen MR) is 82.0 cm³/mol. The monoisotopic (exact) mass is 289 g/mol. The number of piperidine rings is 1. The van der Waals surface area contributed by atoms with E-state index in [1.807, 2.05) is 18.2 Å². The van der Waals surface area contributed by atoms with Crippen LogP contribution in [-0.4, -0.2) is 48.0 Å². The highest BCUT2D eigenvalue weighted by Crippen LogP contribution is 2.22. The largest absolute Gasteiger partial charge is 0.497 e. The Balaban J connectivity index is 2.17. The quantitative estimate of drug-likeness (QED) is 0.822. The number of aliphatic hydroxyl groups is 2. The molecular formula is C17H23NO3. The maximum Gasteiger partial charge on any atom is 0.119 e. The van der Waals surface area contributed by atoms with Crippen molar-refractivity contribution in [2.75, 3.05) is 26.8 Å². The maximum atomic E-state index is 10.0. The van der Waals surface area contributed by atoms with Gasteiger partial charge in [-0.2, -0.15) is 0 Å². The summed E-state index contributed by atoms with van der Waals surface area (Å²) in [7, 11) is 1.64. The van der Waals surface area contributed by atoms with E-state index in [4.69, 9.17) is 9.84 Å². The summed E-state index contributed by atoms with van der Waals surface area (Å²) in [5.41, 5.74) is 1.97. The smallest absolute Gasteiger partial charge is 0.119 e. The van der Waals surface area contributed by atoms with Gasteiger partial charge < -0.3 is 14.9 Å². The maximum absolute atomic E-state index is 10.0. The number of β-amino-alcohol motifs (C(OH)–C–C–N with tert-alkyl or cyclic N) is 1. The zero-order valence-electron chi connectivity index (χ0n) is 12.7. The fraction of sp³-hybridized carbons (Fsp3) is 0.529. The first-order valence-corrected chi connectivity index (χ1v) is 7.31. The Hall–Kier alpha value is -1.54. The van der Waals surface area contributed by atoms with Crippen LogP contribution >= 0.6 is 0 Å². The van der Waals surface area contributed by atoms with Gasteiger partial charge in [-0.15, -0.1) is 0 Å². The second kappa shape index (κ2) is 7.46. The second-order valence-electron chi connectivity index (χ2n) is 5.55. The van der Waals surface area contributed by atoms with E-state index in [1.165, 1.54) is 0 Å². The highest BCUT2D eigenvalue weighted by molar-refractivity contribution is 5.45. The minimum atomic E-state index is -0.267. The molecule has 0 aliphatic carbocycles. The molecule has 0 bridgehead atoms. The van der Waals surface area contributed by atoms with Gasteiger partial charge in [0.1, 0.15) is 12.4 Å². The fourth-order valence-electron chi connectivity index (χ4n) is 2.58.